The van der Waals surface area contributed by atoms with E-state index in [0.29, 0.717) is 28.2 Å². The van der Waals surface area contributed by atoms with Gasteiger partial charge in [-0.2, -0.15) is 0 Å². The van der Waals surface area contributed by atoms with E-state index in [1.165, 1.54) is 29.1 Å². The van der Waals surface area contributed by atoms with Crippen LogP contribution in [0.2, 0.25) is 0 Å². The average Bonchev–Trinajstić information content (AvgIpc) is 2.99. The zero-order valence-corrected chi connectivity index (χ0v) is 14.1. The molecule has 0 saturated heterocycles. The van der Waals surface area contributed by atoms with Crippen molar-refractivity contribution in [1.29, 1.82) is 0 Å². The van der Waals surface area contributed by atoms with Crippen LogP contribution in [0.4, 0.5) is 10.2 Å². The molecule has 4 rings (SSSR count). The zero-order chi connectivity index (χ0) is 18.4. The van der Waals surface area contributed by atoms with E-state index in [1.54, 1.807) is 29.9 Å². The van der Waals surface area contributed by atoms with Gasteiger partial charge in [-0.25, -0.2) is 19.3 Å². The molecule has 8 heteroatoms. The van der Waals surface area contributed by atoms with E-state index in [-0.39, 0.29) is 17.2 Å². The second kappa shape index (κ2) is 5.76. The minimum atomic E-state index is -0.377. The number of pyridine rings is 1. The third-order valence-corrected chi connectivity index (χ3v) is 4.20. The lowest BCUT2D eigenvalue weighted by molar-refractivity contribution is 0.628. The first-order valence-electron chi connectivity index (χ1n) is 7.88. The molecule has 0 spiro atoms. The van der Waals surface area contributed by atoms with Crippen molar-refractivity contribution in [3.05, 3.63) is 64.6 Å². The first-order chi connectivity index (χ1) is 12.5. The molecule has 3 aromatic heterocycles. The smallest absolute Gasteiger partial charge is 0.250 e. The minimum absolute atomic E-state index is 0.128. The summed E-state index contributed by atoms with van der Waals surface area (Å²) in [6, 6.07) is 7.64. The molecule has 0 atom stereocenters. The maximum Gasteiger partial charge on any atom is 0.250 e. The summed E-state index contributed by atoms with van der Waals surface area (Å²) in [5.74, 6) is 0.319. The summed E-state index contributed by atoms with van der Waals surface area (Å²) < 4.78 is 17.0. The van der Waals surface area contributed by atoms with Crippen LogP contribution in [-0.2, 0) is 7.05 Å². The molecule has 0 bridgehead atoms. The van der Waals surface area contributed by atoms with E-state index < -0.39 is 0 Å². The van der Waals surface area contributed by atoms with Gasteiger partial charge in [-0.1, -0.05) is 12.1 Å². The molecule has 0 aliphatic carbocycles. The fourth-order valence-electron chi connectivity index (χ4n) is 2.90. The van der Waals surface area contributed by atoms with Gasteiger partial charge in [0.25, 0.3) is 5.56 Å². The molecule has 3 heterocycles. The molecule has 0 aliphatic heterocycles. The highest BCUT2D eigenvalue weighted by atomic mass is 19.1. The standard InChI is InChI=1S/C18H15FN6O/c1-10-6-14(26)24(2)8-13(10)25-17(11-4-3-5-12(19)7-11)23-15-16(20)21-9-22-18(15)25/h3-9H,1-2H3,(H2,20,21,22). The molecule has 0 unspecified atom stereocenters. The molecular weight excluding hydrogens is 335 g/mol. The summed E-state index contributed by atoms with van der Waals surface area (Å²) in [4.78, 5) is 24.8. The number of nitrogens with two attached hydrogens (primary N) is 1. The highest BCUT2D eigenvalue weighted by Crippen LogP contribution is 2.30. The van der Waals surface area contributed by atoms with E-state index in [9.17, 15) is 9.18 Å². The summed E-state index contributed by atoms with van der Waals surface area (Å²) in [6.45, 7) is 1.82. The lowest BCUT2D eigenvalue weighted by atomic mass is 10.2. The Morgan fingerprint density at radius 2 is 2.00 bits per heavy atom. The number of anilines is 1. The van der Waals surface area contributed by atoms with Crippen LogP contribution < -0.4 is 11.3 Å². The lowest BCUT2D eigenvalue weighted by Crippen LogP contribution is -2.17. The highest BCUT2D eigenvalue weighted by molar-refractivity contribution is 5.87. The van der Waals surface area contributed by atoms with Crippen molar-refractivity contribution in [3.8, 4) is 17.1 Å². The van der Waals surface area contributed by atoms with E-state index >= 15 is 0 Å². The molecule has 0 amide bonds. The Bertz CT molecular complexity index is 1210. The summed E-state index contributed by atoms with van der Waals surface area (Å²) in [6.07, 6.45) is 3.04. The number of aromatic nitrogens is 5. The molecule has 0 saturated carbocycles. The van der Waals surface area contributed by atoms with Gasteiger partial charge in [-0.05, 0) is 24.6 Å². The third-order valence-electron chi connectivity index (χ3n) is 4.20. The van der Waals surface area contributed by atoms with Crippen molar-refractivity contribution in [2.45, 2.75) is 6.92 Å². The second-order valence-corrected chi connectivity index (χ2v) is 6.00. The number of benzene rings is 1. The van der Waals surface area contributed by atoms with Crippen molar-refractivity contribution in [1.82, 2.24) is 24.1 Å². The van der Waals surface area contributed by atoms with Crippen LogP contribution in [0, 0.1) is 12.7 Å². The molecular formula is C18H15FN6O. The third kappa shape index (κ3) is 2.43. The normalized spacial score (nSPS) is 11.2. The van der Waals surface area contributed by atoms with Gasteiger partial charge >= 0.3 is 0 Å². The van der Waals surface area contributed by atoms with E-state index in [2.05, 4.69) is 15.0 Å². The lowest BCUT2D eigenvalue weighted by Gasteiger charge is -2.13. The van der Waals surface area contributed by atoms with Crippen LogP contribution in [0.5, 0.6) is 0 Å². The Hall–Kier alpha value is -3.55. The van der Waals surface area contributed by atoms with Crippen molar-refractivity contribution < 1.29 is 4.39 Å². The number of rotatable bonds is 2. The average molecular weight is 350 g/mol. The Morgan fingerprint density at radius 1 is 1.19 bits per heavy atom. The highest BCUT2D eigenvalue weighted by Gasteiger charge is 2.19. The minimum Gasteiger partial charge on any atom is -0.382 e. The van der Waals surface area contributed by atoms with Gasteiger partial charge < -0.3 is 10.3 Å². The van der Waals surface area contributed by atoms with Gasteiger partial charge in [0, 0.05) is 24.9 Å². The number of imidazole rings is 1. The Kier molecular flexibility index (Phi) is 3.54. The predicted octanol–water partition coefficient (Wildman–Crippen LogP) is 2.21. The Balaban J connectivity index is 2.14. The first kappa shape index (κ1) is 15.9. The van der Waals surface area contributed by atoms with Crippen LogP contribution >= 0.6 is 0 Å². The fraction of sp³-hybridized carbons (Fsp3) is 0.111. The van der Waals surface area contributed by atoms with Gasteiger partial charge in [-0.3, -0.25) is 9.36 Å². The van der Waals surface area contributed by atoms with Crippen LogP contribution in [-0.4, -0.2) is 24.1 Å². The van der Waals surface area contributed by atoms with Crippen molar-refractivity contribution in [2.75, 3.05) is 5.73 Å². The SMILES string of the molecule is Cc1cc(=O)n(C)cc1-n1c(-c2cccc(F)c2)nc2c(N)ncnc21. The molecule has 4 aromatic rings. The molecule has 0 fully saturated rings. The van der Waals surface area contributed by atoms with Crippen molar-refractivity contribution in [3.63, 3.8) is 0 Å². The van der Waals surface area contributed by atoms with Gasteiger partial charge in [0.05, 0.1) is 5.69 Å². The fourth-order valence-corrected chi connectivity index (χ4v) is 2.90. The number of aryl methyl sites for hydroxylation is 2. The topological polar surface area (TPSA) is 91.6 Å². The van der Waals surface area contributed by atoms with Crippen molar-refractivity contribution >= 4 is 17.0 Å². The number of nitrogen functional groups attached to an aromatic ring is 1. The second-order valence-electron chi connectivity index (χ2n) is 6.00. The molecule has 1 aromatic carbocycles. The number of fused-ring (bicyclic) bond motifs is 1. The summed E-state index contributed by atoms with van der Waals surface area (Å²) >= 11 is 0. The molecule has 2 N–H and O–H groups in total. The quantitative estimate of drug-likeness (QED) is 0.598. The van der Waals surface area contributed by atoms with Gasteiger partial charge in [-0.15, -0.1) is 0 Å². The van der Waals surface area contributed by atoms with Crippen LogP contribution in [0.3, 0.4) is 0 Å². The summed E-state index contributed by atoms with van der Waals surface area (Å²) in [5, 5.41) is 0. The number of hydrogen-bond acceptors (Lipinski definition) is 5. The molecule has 7 nitrogen and oxygen atoms in total. The summed E-state index contributed by atoms with van der Waals surface area (Å²) in [7, 11) is 1.66. The largest absolute Gasteiger partial charge is 0.382 e. The van der Waals surface area contributed by atoms with Crippen molar-refractivity contribution in [2.24, 2.45) is 7.05 Å². The van der Waals surface area contributed by atoms with E-state index in [0.717, 1.165) is 5.56 Å². The number of halogens is 1. The Morgan fingerprint density at radius 3 is 2.77 bits per heavy atom. The molecule has 130 valence electrons. The Labute approximate surface area is 147 Å². The van der Waals surface area contributed by atoms with E-state index in [4.69, 9.17) is 5.73 Å². The first-order valence-corrected chi connectivity index (χ1v) is 7.88. The monoisotopic (exact) mass is 350 g/mol. The maximum absolute atomic E-state index is 13.8. The van der Waals surface area contributed by atoms with Gasteiger partial charge in [0.1, 0.15) is 18.0 Å². The van der Waals surface area contributed by atoms with Gasteiger partial charge in [0.15, 0.2) is 17.0 Å². The molecule has 26 heavy (non-hydrogen) atoms. The number of nitrogens with zero attached hydrogens (tertiary/aromatic N) is 5. The molecule has 0 aliphatic rings. The van der Waals surface area contributed by atoms with Crippen LogP contribution in [0.1, 0.15) is 5.56 Å². The predicted molar refractivity (Wildman–Crippen MR) is 96.4 cm³/mol. The number of hydrogen-bond donors (Lipinski definition) is 1. The molecule has 0 radical (unpaired) electrons. The zero-order valence-electron chi connectivity index (χ0n) is 14.1. The summed E-state index contributed by atoms with van der Waals surface area (Å²) in [5.41, 5.74) is 8.74. The van der Waals surface area contributed by atoms with E-state index in [1.807, 2.05) is 6.92 Å². The maximum atomic E-state index is 13.8. The van der Waals surface area contributed by atoms with Crippen LogP contribution in [0.15, 0.2) is 47.7 Å². The van der Waals surface area contributed by atoms with Gasteiger partial charge in [0.2, 0.25) is 0 Å². The van der Waals surface area contributed by atoms with Crippen LogP contribution in [0.25, 0.3) is 28.2 Å².